The van der Waals surface area contributed by atoms with Crippen LogP contribution in [0.1, 0.15) is 25.0 Å². The number of benzene rings is 2. The Morgan fingerprint density at radius 1 is 1.00 bits per heavy atom. The highest BCUT2D eigenvalue weighted by Gasteiger charge is 2.30. The van der Waals surface area contributed by atoms with Crippen LogP contribution in [0.5, 0.6) is 0 Å². The van der Waals surface area contributed by atoms with Gasteiger partial charge in [-0.05, 0) is 42.4 Å². The maximum Gasteiger partial charge on any atom is 0.416 e. The van der Waals surface area contributed by atoms with Crippen LogP contribution >= 0.6 is 0 Å². The molecule has 0 bridgehead atoms. The minimum Gasteiger partial charge on any atom is -0.326 e. The summed E-state index contributed by atoms with van der Waals surface area (Å²) in [4.78, 5) is 25.0. The second-order valence-corrected chi connectivity index (χ2v) is 6.31. The average molecular weight is 393 g/mol. The maximum absolute atomic E-state index is 12.8. The van der Waals surface area contributed by atoms with Crippen molar-refractivity contribution < 1.29 is 22.8 Å². The highest BCUT2D eigenvalue weighted by Crippen LogP contribution is 2.29. The third-order valence-electron chi connectivity index (χ3n) is 3.96. The standard InChI is InChI=1S/C20H22F3N3O2/c1-3-26(12-15-5-4-6-16(11-15)20(21,22)23)13-19(28)25-18-9-7-17(8-10-18)24-14(2)27/h4-11H,3,12-13H2,1-2H3,(H,24,27)(H,25,28). The fourth-order valence-electron chi connectivity index (χ4n) is 2.63. The number of amides is 2. The van der Waals surface area contributed by atoms with Gasteiger partial charge in [-0.15, -0.1) is 0 Å². The molecule has 28 heavy (non-hydrogen) atoms. The van der Waals surface area contributed by atoms with Crippen LogP contribution in [0, 0.1) is 0 Å². The van der Waals surface area contributed by atoms with Gasteiger partial charge in [-0.2, -0.15) is 13.2 Å². The van der Waals surface area contributed by atoms with E-state index in [1.54, 1.807) is 35.2 Å². The summed E-state index contributed by atoms with van der Waals surface area (Å²) in [6, 6.07) is 11.7. The molecule has 2 aromatic carbocycles. The zero-order valence-electron chi connectivity index (χ0n) is 15.6. The summed E-state index contributed by atoms with van der Waals surface area (Å²) in [6.45, 7) is 4.02. The fraction of sp³-hybridized carbons (Fsp3) is 0.300. The van der Waals surface area contributed by atoms with Gasteiger partial charge in [-0.25, -0.2) is 0 Å². The van der Waals surface area contributed by atoms with Crippen LogP contribution in [0.15, 0.2) is 48.5 Å². The Balaban J connectivity index is 1.95. The van der Waals surface area contributed by atoms with Crippen LogP contribution in [0.4, 0.5) is 24.5 Å². The van der Waals surface area contributed by atoms with Crippen molar-refractivity contribution >= 4 is 23.2 Å². The van der Waals surface area contributed by atoms with Gasteiger partial charge < -0.3 is 10.6 Å². The first-order valence-electron chi connectivity index (χ1n) is 8.73. The Bertz CT molecular complexity index is 820. The minimum atomic E-state index is -4.40. The number of likely N-dealkylation sites (N-methyl/N-ethyl adjacent to an activating group) is 1. The zero-order valence-corrected chi connectivity index (χ0v) is 15.6. The van der Waals surface area contributed by atoms with E-state index in [1.165, 1.54) is 13.0 Å². The van der Waals surface area contributed by atoms with E-state index >= 15 is 0 Å². The number of halogens is 3. The van der Waals surface area contributed by atoms with Gasteiger partial charge in [0.25, 0.3) is 0 Å². The molecule has 2 rings (SSSR count). The highest BCUT2D eigenvalue weighted by molar-refractivity contribution is 5.93. The van der Waals surface area contributed by atoms with Gasteiger partial charge in [-0.1, -0.05) is 25.1 Å². The van der Waals surface area contributed by atoms with E-state index in [0.717, 1.165) is 12.1 Å². The second kappa shape index (κ2) is 9.36. The third kappa shape index (κ3) is 6.70. The number of alkyl halides is 3. The van der Waals surface area contributed by atoms with Crippen LogP contribution in [0.25, 0.3) is 0 Å². The SMILES string of the molecule is CCN(CC(=O)Nc1ccc(NC(C)=O)cc1)Cc1cccc(C(F)(F)F)c1. The predicted octanol–water partition coefficient (Wildman–Crippen LogP) is 4.12. The maximum atomic E-state index is 12.8. The molecule has 150 valence electrons. The largest absolute Gasteiger partial charge is 0.416 e. The average Bonchev–Trinajstić information content (AvgIpc) is 2.62. The van der Waals surface area contributed by atoms with Crippen LogP contribution in [0.2, 0.25) is 0 Å². The molecule has 8 heteroatoms. The first-order valence-corrected chi connectivity index (χ1v) is 8.73. The molecule has 0 unspecified atom stereocenters. The van der Waals surface area contributed by atoms with E-state index in [1.807, 2.05) is 6.92 Å². The molecule has 0 aliphatic rings. The van der Waals surface area contributed by atoms with Gasteiger partial charge in [0.1, 0.15) is 0 Å². The number of carbonyl (C=O) groups is 2. The van der Waals surface area contributed by atoms with Crippen LogP contribution in [-0.4, -0.2) is 29.8 Å². The van der Waals surface area contributed by atoms with Crippen molar-refractivity contribution in [2.45, 2.75) is 26.6 Å². The van der Waals surface area contributed by atoms with Crippen molar-refractivity contribution in [2.24, 2.45) is 0 Å². The molecule has 2 aromatic rings. The molecular formula is C20H22F3N3O2. The monoisotopic (exact) mass is 393 g/mol. The lowest BCUT2D eigenvalue weighted by Gasteiger charge is -2.20. The van der Waals surface area contributed by atoms with Gasteiger partial charge in [0, 0.05) is 24.8 Å². The van der Waals surface area contributed by atoms with E-state index in [4.69, 9.17) is 0 Å². The zero-order chi connectivity index (χ0) is 20.7. The van der Waals surface area contributed by atoms with Crippen molar-refractivity contribution in [2.75, 3.05) is 23.7 Å². The van der Waals surface area contributed by atoms with Crippen LogP contribution in [-0.2, 0) is 22.3 Å². The molecule has 2 N–H and O–H groups in total. The Kier molecular flexibility index (Phi) is 7.17. The van der Waals surface area contributed by atoms with Gasteiger partial charge in [-0.3, -0.25) is 14.5 Å². The first kappa shape index (κ1) is 21.4. The van der Waals surface area contributed by atoms with Gasteiger partial charge in [0.15, 0.2) is 0 Å². The molecule has 0 saturated heterocycles. The van der Waals surface area contributed by atoms with E-state index in [9.17, 15) is 22.8 Å². The molecule has 0 saturated carbocycles. The molecule has 0 aromatic heterocycles. The number of carbonyl (C=O) groups excluding carboxylic acids is 2. The van der Waals surface area contributed by atoms with Crippen molar-refractivity contribution in [3.05, 3.63) is 59.7 Å². The second-order valence-electron chi connectivity index (χ2n) is 6.31. The van der Waals surface area contributed by atoms with Crippen molar-refractivity contribution in [3.8, 4) is 0 Å². The van der Waals surface area contributed by atoms with E-state index in [-0.39, 0.29) is 24.9 Å². The minimum absolute atomic E-state index is 0.0419. The lowest BCUT2D eigenvalue weighted by atomic mass is 10.1. The number of hydrogen-bond donors (Lipinski definition) is 2. The van der Waals surface area contributed by atoms with E-state index in [0.29, 0.717) is 23.5 Å². The molecule has 0 spiro atoms. The summed E-state index contributed by atoms with van der Waals surface area (Å²) >= 11 is 0. The van der Waals surface area contributed by atoms with Crippen molar-refractivity contribution in [3.63, 3.8) is 0 Å². The Hall–Kier alpha value is -2.87. The lowest BCUT2D eigenvalue weighted by molar-refractivity contribution is -0.137. The number of rotatable bonds is 7. The van der Waals surface area contributed by atoms with Crippen LogP contribution < -0.4 is 10.6 Å². The first-order chi connectivity index (χ1) is 13.2. The third-order valence-corrected chi connectivity index (χ3v) is 3.96. The summed E-state index contributed by atoms with van der Waals surface area (Å²) in [5.74, 6) is -0.467. The lowest BCUT2D eigenvalue weighted by Crippen LogP contribution is -2.32. The molecule has 0 fully saturated rings. The Morgan fingerprint density at radius 3 is 2.14 bits per heavy atom. The molecule has 5 nitrogen and oxygen atoms in total. The molecule has 0 heterocycles. The predicted molar refractivity (Wildman–Crippen MR) is 102 cm³/mol. The molecule has 0 aliphatic carbocycles. The smallest absolute Gasteiger partial charge is 0.326 e. The number of anilines is 2. The van der Waals surface area contributed by atoms with Gasteiger partial charge in [0.05, 0.1) is 12.1 Å². The summed E-state index contributed by atoms with van der Waals surface area (Å²) in [5.41, 5.74) is 0.966. The summed E-state index contributed by atoms with van der Waals surface area (Å²) in [6.07, 6.45) is -4.40. The fourth-order valence-corrected chi connectivity index (χ4v) is 2.63. The summed E-state index contributed by atoms with van der Waals surface area (Å²) < 4.78 is 38.5. The van der Waals surface area contributed by atoms with Gasteiger partial charge >= 0.3 is 6.18 Å². The molecular weight excluding hydrogens is 371 g/mol. The topological polar surface area (TPSA) is 61.4 Å². The van der Waals surface area contributed by atoms with Crippen LogP contribution in [0.3, 0.4) is 0 Å². The number of nitrogens with one attached hydrogen (secondary N) is 2. The number of hydrogen-bond acceptors (Lipinski definition) is 3. The Labute approximate surface area is 161 Å². The van der Waals surface area contributed by atoms with Crippen molar-refractivity contribution in [1.82, 2.24) is 4.90 Å². The van der Waals surface area contributed by atoms with E-state index in [2.05, 4.69) is 10.6 Å². The summed E-state index contributed by atoms with van der Waals surface area (Å²) in [5, 5.41) is 5.36. The molecule has 0 radical (unpaired) electrons. The molecule has 0 aliphatic heterocycles. The van der Waals surface area contributed by atoms with Gasteiger partial charge in [0.2, 0.25) is 11.8 Å². The summed E-state index contributed by atoms with van der Waals surface area (Å²) in [7, 11) is 0. The molecule has 0 atom stereocenters. The van der Waals surface area contributed by atoms with Crippen molar-refractivity contribution in [1.29, 1.82) is 0 Å². The number of nitrogens with zero attached hydrogens (tertiary/aromatic N) is 1. The normalized spacial score (nSPS) is 11.4. The highest BCUT2D eigenvalue weighted by atomic mass is 19.4. The Morgan fingerprint density at radius 2 is 1.61 bits per heavy atom. The molecule has 2 amide bonds. The van der Waals surface area contributed by atoms with E-state index < -0.39 is 11.7 Å². The quantitative estimate of drug-likeness (QED) is 0.744.